The fraction of sp³-hybridized carbons (Fsp3) is 0.133. The molecule has 236 valence electrons. The van der Waals surface area contributed by atoms with Gasteiger partial charge in [0.2, 0.25) is 0 Å². The molecule has 0 bridgehead atoms. The van der Waals surface area contributed by atoms with Crippen LogP contribution in [0.15, 0.2) is 144 Å². The van der Waals surface area contributed by atoms with Gasteiger partial charge in [0.15, 0.2) is 17.5 Å². The number of hydrogen-bond acceptors (Lipinski definition) is 4. The van der Waals surface area contributed by atoms with E-state index >= 15 is 0 Å². The summed E-state index contributed by atoms with van der Waals surface area (Å²) in [5.74, 6) is 1.94. The standard InChI is InChI=1S/C45H35N3O/c1-44(2)37-21-12-11-20-33(37)34-27-40-36(26-38(34)45(44,3)4)35-25-31(22-23-39(35)49-40)30-18-13-19-32(24-30)43-47-41(28-14-7-5-8-15-28)46-42(48-43)29-16-9-6-10-17-29/h5-27H,1-4H3. The average molecular weight is 634 g/mol. The third kappa shape index (κ3) is 4.62. The summed E-state index contributed by atoms with van der Waals surface area (Å²) in [6.07, 6.45) is 0. The quantitative estimate of drug-likeness (QED) is 0.193. The van der Waals surface area contributed by atoms with Gasteiger partial charge in [-0.1, -0.05) is 137 Å². The van der Waals surface area contributed by atoms with Crippen LogP contribution in [0.25, 0.3) is 78.4 Å². The molecule has 0 fully saturated rings. The van der Waals surface area contributed by atoms with E-state index in [0.29, 0.717) is 17.5 Å². The van der Waals surface area contributed by atoms with Gasteiger partial charge in [0.25, 0.3) is 0 Å². The first-order valence-electron chi connectivity index (χ1n) is 16.9. The highest BCUT2D eigenvalue weighted by molar-refractivity contribution is 6.08. The Labute approximate surface area is 286 Å². The second-order valence-corrected chi connectivity index (χ2v) is 14.1. The van der Waals surface area contributed by atoms with Crippen LogP contribution < -0.4 is 0 Å². The normalized spacial score (nSPS) is 14.4. The van der Waals surface area contributed by atoms with Crippen molar-refractivity contribution in [3.63, 3.8) is 0 Å². The van der Waals surface area contributed by atoms with Crippen LogP contribution in [0, 0.1) is 0 Å². The van der Waals surface area contributed by atoms with Crippen molar-refractivity contribution < 1.29 is 4.42 Å². The van der Waals surface area contributed by atoms with Gasteiger partial charge in [0.1, 0.15) is 11.2 Å². The molecular formula is C45H35N3O. The van der Waals surface area contributed by atoms with E-state index in [2.05, 4.69) is 107 Å². The Hall–Kier alpha value is -5.87. The zero-order valence-corrected chi connectivity index (χ0v) is 28.0. The van der Waals surface area contributed by atoms with Gasteiger partial charge < -0.3 is 4.42 Å². The topological polar surface area (TPSA) is 51.8 Å². The average Bonchev–Trinajstić information content (AvgIpc) is 3.51. The molecule has 0 spiro atoms. The van der Waals surface area contributed by atoms with Crippen molar-refractivity contribution in [1.29, 1.82) is 0 Å². The van der Waals surface area contributed by atoms with E-state index in [-0.39, 0.29) is 10.8 Å². The Morgan fingerprint density at radius 1 is 0.388 bits per heavy atom. The number of fused-ring (bicyclic) bond motifs is 6. The lowest BCUT2D eigenvalue weighted by atomic mass is 9.55. The van der Waals surface area contributed by atoms with Crippen molar-refractivity contribution in [3.05, 3.63) is 151 Å². The van der Waals surface area contributed by atoms with Crippen molar-refractivity contribution in [3.8, 4) is 56.4 Å². The lowest BCUT2D eigenvalue weighted by molar-refractivity contribution is 0.299. The highest BCUT2D eigenvalue weighted by Crippen LogP contribution is 2.55. The van der Waals surface area contributed by atoms with Gasteiger partial charge >= 0.3 is 0 Å². The molecule has 0 atom stereocenters. The molecule has 9 rings (SSSR count). The predicted molar refractivity (Wildman–Crippen MR) is 200 cm³/mol. The van der Waals surface area contributed by atoms with Crippen LogP contribution in [0.1, 0.15) is 38.8 Å². The molecule has 0 amide bonds. The van der Waals surface area contributed by atoms with E-state index in [9.17, 15) is 0 Å². The van der Waals surface area contributed by atoms with Crippen LogP contribution in [0.3, 0.4) is 0 Å². The van der Waals surface area contributed by atoms with Crippen molar-refractivity contribution in [2.45, 2.75) is 38.5 Å². The van der Waals surface area contributed by atoms with E-state index < -0.39 is 0 Å². The van der Waals surface area contributed by atoms with Gasteiger partial charge in [-0.25, -0.2) is 15.0 Å². The summed E-state index contributed by atoms with van der Waals surface area (Å²) in [7, 11) is 0. The molecule has 8 aromatic rings. The first kappa shape index (κ1) is 29.3. The largest absolute Gasteiger partial charge is 0.456 e. The maximum Gasteiger partial charge on any atom is 0.164 e. The minimum Gasteiger partial charge on any atom is -0.456 e. The highest BCUT2D eigenvalue weighted by atomic mass is 16.3. The number of rotatable bonds is 4. The molecule has 1 aliphatic rings. The second-order valence-electron chi connectivity index (χ2n) is 14.1. The first-order chi connectivity index (χ1) is 23.8. The molecule has 49 heavy (non-hydrogen) atoms. The number of nitrogens with zero attached hydrogens (tertiary/aromatic N) is 3. The first-order valence-corrected chi connectivity index (χ1v) is 16.9. The van der Waals surface area contributed by atoms with Gasteiger partial charge in [-0.3, -0.25) is 0 Å². The Balaban J connectivity index is 1.17. The number of benzene rings is 6. The van der Waals surface area contributed by atoms with Gasteiger partial charge in [-0.15, -0.1) is 0 Å². The summed E-state index contributed by atoms with van der Waals surface area (Å²) in [6, 6.07) is 48.6. The van der Waals surface area contributed by atoms with Gasteiger partial charge in [-0.2, -0.15) is 0 Å². The van der Waals surface area contributed by atoms with Crippen LogP contribution in [-0.2, 0) is 10.8 Å². The molecule has 6 aromatic carbocycles. The molecule has 2 aromatic heterocycles. The highest BCUT2D eigenvalue weighted by Gasteiger charge is 2.46. The van der Waals surface area contributed by atoms with Crippen molar-refractivity contribution in [2.24, 2.45) is 0 Å². The monoisotopic (exact) mass is 633 g/mol. The van der Waals surface area contributed by atoms with Crippen LogP contribution in [-0.4, -0.2) is 15.0 Å². The lowest BCUT2D eigenvalue weighted by Crippen LogP contribution is -2.43. The Morgan fingerprint density at radius 3 is 1.61 bits per heavy atom. The minimum atomic E-state index is -0.0812. The SMILES string of the molecule is CC1(C)c2ccccc2-c2cc3oc4ccc(-c5cccc(-c6nc(-c7ccccc7)nc(-c7ccccc7)n6)c5)cc4c3cc2C1(C)C. The molecule has 2 heterocycles. The zero-order chi connectivity index (χ0) is 33.3. The summed E-state index contributed by atoms with van der Waals surface area (Å²) in [5.41, 5.74) is 12.0. The number of aromatic nitrogens is 3. The van der Waals surface area contributed by atoms with Crippen LogP contribution in [0.4, 0.5) is 0 Å². The smallest absolute Gasteiger partial charge is 0.164 e. The summed E-state index contributed by atoms with van der Waals surface area (Å²) in [6.45, 7) is 9.49. The molecule has 0 aliphatic heterocycles. The van der Waals surface area contributed by atoms with Crippen LogP contribution >= 0.6 is 0 Å². The van der Waals surface area contributed by atoms with E-state index in [4.69, 9.17) is 19.4 Å². The molecule has 0 N–H and O–H groups in total. The van der Waals surface area contributed by atoms with E-state index in [0.717, 1.165) is 49.8 Å². The maximum atomic E-state index is 6.52. The predicted octanol–water partition coefficient (Wildman–Crippen LogP) is 11.7. The number of furan rings is 1. The second kappa shape index (κ2) is 10.8. The molecule has 4 nitrogen and oxygen atoms in total. The molecule has 0 saturated carbocycles. The molecular weight excluding hydrogens is 599 g/mol. The van der Waals surface area contributed by atoms with E-state index in [1.165, 1.54) is 22.3 Å². The Bertz CT molecular complexity index is 2490. The third-order valence-electron chi connectivity index (χ3n) is 10.9. The summed E-state index contributed by atoms with van der Waals surface area (Å²) < 4.78 is 6.52. The van der Waals surface area contributed by atoms with Crippen molar-refractivity contribution >= 4 is 21.9 Å². The molecule has 0 radical (unpaired) electrons. The minimum absolute atomic E-state index is 0.0365. The Morgan fingerprint density at radius 2 is 0.918 bits per heavy atom. The van der Waals surface area contributed by atoms with Gasteiger partial charge in [-0.05, 0) is 74.5 Å². The third-order valence-corrected chi connectivity index (χ3v) is 10.9. The van der Waals surface area contributed by atoms with E-state index in [1.54, 1.807) is 0 Å². The summed E-state index contributed by atoms with van der Waals surface area (Å²) in [5, 5.41) is 2.26. The molecule has 0 unspecified atom stereocenters. The molecule has 0 saturated heterocycles. The lowest BCUT2D eigenvalue weighted by Gasteiger charge is -2.48. The fourth-order valence-electron chi connectivity index (χ4n) is 7.45. The Kier molecular flexibility index (Phi) is 6.47. The van der Waals surface area contributed by atoms with Crippen molar-refractivity contribution in [1.82, 2.24) is 15.0 Å². The van der Waals surface area contributed by atoms with Crippen molar-refractivity contribution in [2.75, 3.05) is 0 Å². The zero-order valence-electron chi connectivity index (χ0n) is 28.0. The van der Waals surface area contributed by atoms with Gasteiger partial charge in [0, 0.05) is 27.5 Å². The fourth-order valence-corrected chi connectivity index (χ4v) is 7.45. The summed E-state index contributed by atoms with van der Waals surface area (Å²) in [4.78, 5) is 14.8. The van der Waals surface area contributed by atoms with Gasteiger partial charge in [0.05, 0.1) is 0 Å². The van der Waals surface area contributed by atoms with E-state index in [1.807, 2.05) is 60.7 Å². The molecule has 4 heteroatoms. The number of hydrogen-bond donors (Lipinski definition) is 0. The van der Waals surface area contributed by atoms with Crippen LogP contribution in [0.5, 0.6) is 0 Å². The van der Waals surface area contributed by atoms with Crippen LogP contribution in [0.2, 0.25) is 0 Å². The maximum absolute atomic E-state index is 6.52. The molecule has 1 aliphatic carbocycles. The summed E-state index contributed by atoms with van der Waals surface area (Å²) >= 11 is 0.